The van der Waals surface area contributed by atoms with Crippen LogP contribution in [0, 0.1) is 5.92 Å². The average Bonchev–Trinajstić information content (AvgIpc) is 2.71. The largest absolute Gasteiger partial charge is 0.469 e. The molecule has 2 aromatic rings. The molecule has 0 saturated heterocycles. The van der Waals surface area contributed by atoms with Gasteiger partial charge in [-0.05, 0) is 34.7 Å². The zero-order valence-electron chi connectivity index (χ0n) is 17.8. The van der Waals surface area contributed by atoms with Crippen LogP contribution in [0.1, 0.15) is 40.0 Å². The van der Waals surface area contributed by atoms with Gasteiger partial charge in [-0.3, -0.25) is 4.79 Å². The first-order valence-electron chi connectivity index (χ1n) is 10.3. The predicted molar refractivity (Wildman–Crippen MR) is 118 cm³/mol. The second kappa shape index (κ2) is 8.82. The second-order valence-electron chi connectivity index (χ2n) is 8.98. The third-order valence-corrected chi connectivity index (χ3v) is 11.0. The van der Waals surface area contributed by atoms with Crippen molar-refractivity contribution in [2.45, 2.75) is 57.3 Å². The van der Waals surface area contributed by atoms with Gasteiger partial charge in [-0.2, -0.15) is 0 Å². The van der Waals surface area contributed by atoms with Crippen LogP contribution in [0.15, 0.2) is 60.7 Å². The van der Waals surface area contributed by atoms with E-state index in [0.29, 0.717) is 19.3 Å². The summed E-state index contributed by atoms with van der Waals surface area (Å²) in [5, 5.41) is 12.7. The first-order valence-corrected chi connectivity index (χ1v) is 12.2. The van der Waals surface area contributed by atoms with Crippen LogP contribution in [0.5, 0.6) is 0 Å². The summed E-state index contributed by atoms with van der Waals surface area (Å²) < 4.78 is 12.0. The molecule has 0 aliphatic heterocycles. The Balaban J connectivity index is 2.07. The Morgan fingerprint density at radius 3 is 1.90 bits per heavy atom. The van der Waals surface area contributed by atoms with Crippen LogP contribution in [0.4, 0.5) is 0 Å². The highest BCUT2D eigenvalue weighted by Crippen LogP contribution is 2.40. The lowest BCUT2D eigenvalue weighted by atomic mass is 9.85. The van der Waals surface area contributed by atoms with Crippen LogP contribution in [0.25, 0.3) is 0 Å². The molecule has 1 N–H and O–H groups in total. The number of benzene rings is 2. The molecule has 0 heterocycles. The molecule has 0 radical (unpaired) electrons. The highest BCUT2D eigenvalue weighted by Gasteiger charge is 2.52. The highest BCUT2D eigenvalue weighted by molar-refractivity contribution is 6.99. The number of ether oxygens (including phenoxy) is 1. The zero-order valence-corrected chi connectivity index (χ0v) is 18.8. The topological polar surface area (TPSA) is 55.8 Å². The van der Waals surface area contributed by atoms with E-state index in [1.807, 2.05) is 12.1 Å². The minimum absolute atomic E-state index is 0.140. The molecule has 1 saturated carbocycles. The van der Waals surface area contributed by atoms with E-state index in [4.69, 9.17) is 9.16 Å². The van der Waals surface area contributed by atoms with Crippen LogP contribution in [0.2, 0.25) is 5.04 Å². The smallest absolute Gasteiger partial charge is 0.308 e. The zero-order chi connectivity index (χ0) is 21.1. The Kier molecular flexibility index (Phi) is 6.61. The summed E-state index contributed by atoms with van der Waals surface area (Å²) in [6.45, 7) is 6.70. The molecule has 1 aliphatic carbocycles. The number of methoxy groups -OCH3 is 1. The highest BCUT2D eigenvalue weighted by atomic mass is 28.4. The van der Waals surface area contributed by atoms with Gasteiger partial charge in [-0.15, -0.1) is 0 Å². The fraction of sp³-hybridized carbons (Fsp3) is 0.458. The first kappa shape index (κ1) is 21.7. The maximum atomic E-state index is 12.2. The third kappa shape index (κ3) is 4.47. The van der Waals surface area contributed by atoms with Gasteiger partial charge in [0, 0.05) is 6.10 Å². The van der Waals surface area contributed by atoms with Crippen molar-refractivity contribution in [3.05, 3.63) is 60.7 Å². The van der Waals surface area contributed by atoms with Gasteiger partial charge in [0.05, 0.1) is 19.1 Å². The lowest BCUT2D eigenvalue weighted by Crippen LogP contribution is -2.68. The fourth-order valence-corrected chi connectivity index (χ4v) is 9.34. The Hall–Kier alpha value is -1.95. The van der Waals surface area contributed by atoms with Gasteiger partial charge in [-0.25, -0.2) is 0 Å². The summed E-state index contributed by atoms with van der Waals surface area (Å²) in [5.41, 5.74) is 0. The van der Waals surface area contributed by atoms with Gasteiger partial charge in [0.2, 0.25) is 0 Å². The third-order valence-electron chi connectivity index (χ3n) is 5.93. The van der Waals surface area contributed by atoms with Gasteiger partial charge in [0.1, 0.15) is 0 Å². The van der Waals surface area contributed by atoms with E-state index in [9.17, 15) is 9.90 Å². The molecule has 1 aliphatic rings. The van der Waals surface area contributed by atoms with Crippen molar-refractivity contribution in [1.82, 2.24) is 0 Å². The molecule has 0 aromatic heterocycles. The number of rotatable bonds is 5. The maximum Gasteiger partial charge on any atom is 0.308 e. The number of aliphatic hydroxyl groups excluding tert-OH is 1. The van der Waals surface area contributed by atoms with Crippen LogP contribution in [-0.2, 0) is 14.0 Å². The average molecular weight is 413 g/mol. The van der Waals surface area contributed by atoms with Crippen molar-refractivity contribution >= 4 is 24.7 Å². The van der Waals surface area contributed by atoms with Crippen molar-refractivity contribution in [3.8, 4) is 0 Å². The van der Waals surface area contributed by atoms with Crippen LogP contribution in [0.3, 0.4) is 0 Å². The second-order valence-corrected chi connectivity index (χ2v) is 13.2. The molecule has 0 bridgehead atoms. The number of hydrogen-bond acceptors (Lipinski definition) is 4. The first-order chi connectivity index (χ1) is 13.8. The molecule has 29 heavy (non-hydrogen) atoms. The molecule has 3 rings (SSSR count). The van der Waals surface area contributed by atoms with Gasteiger partial charge in [0.25, 0.3) is 8.32 Å². The quantitative estimate of drug-likeness (QED) is 0.605. The van der Waals surface area contributed by atoms with Crippen molar-refractivity contribution in [2.24, 2.45) is 5.92 Å². The summed E-state index contributed by atoms with van der Waals surface area (Å²) in [7, 11) is -1.30. The van der Waals surface area contributed by atoms with E-state index >= 15 is 0 Å². The number of aliphatic hydroxyl groups is 1. The summed E-state index contributed by atoms with van der Waals surface area (Å²) in [5.74, 6) is -0.591. The van der Waals surface area contributed by atoms with E-state index in [1.165, 1.54) is 17.5 Å². The predicted octanol–water partition coefficient (Wildman–Crippen LogP) is 3.27. The summed E-state index contributed by atoms with van der Waals surface area (Å²) in [6, 6.07) is 20.9. The molecule has 1 fully saturated rings. The normalized spacial score (nSPS) is 22.9. The summed E-state index contributed by atoms with van der Waals surface area (Å²) in [6.07, 6.45) is 0.796. The lowest BCUT2D eigenvalue weighted by Gasteiger charge is -2.46. The van der Waals surface area contributed by atoms with E-state index < -0.39 is 14.4 Å². The van der Waals surface area contributed by atoms with Gasteiger partial charge < -0.3 is 14.3 Å². The number of hydrogen-bond donors (Lipinski definition) is 1. The van der Waals surface area contributed by atoms with Crippen molar-refractivity contribution in [3.63, 3.8) is 0 Å². The number of carbonyl (C=O) groups excluding carboxylic acids is 1. The van der Waals surface area contributed by atoms with Crippen LogP contribution in [-0.4, -0.2) is 38.7 Å². The number of esters is 1. The van der Waals surface area contributed by atoms with Gasteiger partial charge in [0.15, 0.2) is 0 Å². The van der Waals surface area contributed by atoms with Crippen molar-refractivity contribution < 1.29 is 19.1 Å². The van der Waals surface area contributed by atoms with E-state index in [2.05, 4.69) is 69.3 Å². The van der Waals surface area contributed by atoms with Gasteiger partial charge >= 0.3 is 5.97 Å². The molecular weight excluding hydrogens is 380 g/mol. The van der Waals surface area contributed by atoms with Crippen LogP contribution >= 0.6 is 0 Å². The summed E-state index contributed by atoms with van der Waals surface area (Å²) in [4.78, 5) is 12.2. The molecular formula is C24H32O4Si. The Morgan fingerprint density at radius 2 is 1.45 bits per heavy atom. The molecule has 3 atom stereocenters. The van der Waals surface area contributed by atoms with E-state index in [-0.39, 0.29) is 23.0 Å². The molecule has 4 nitrogen and oxygen atoms in total. The van der Waals surface area contributed by atoms with E-state index in [0.717, 1.165) is 0 Å². The molecule has 156 valence electrons. The maximum absolute atomic E-state index is 12.2. The van der Waals surface area contributed by atoms with Crippen LogP contribution < -0.4 is 10.4 Å². The lowest BCUT2D eigenvalue weighted by molar-refractivity contribution is -0.149. The van der Waals surface area contributed by atoms with E-state index in [1.54, 1.807) is 0 Å². The fourth-order valence-electron chi connectivity index (χ4n) is 4.63. The molecule has 2 aromatic carbocycles. The molecule has 5 heteroatoms. The van der Waals surface area contributed by atoms with Crippen molar-refractivity contribution in [2.75, 3.05) is 7.11 Å². The Labute approximate surface area is 175 Å². The minimum atomic E-state index is -2.70. The SMILES string of the molecule is COC(=O)[C@@H]1C[C@H](O)C[C@H](O[Si](c2ccccc2)(c2ccccc2)C(C)(C)C)C1. The summed E-state index contributed by atoms with van der Waals surface area (Å²) >= 11 is 0. The molecule has 0 amide bonds. The standard InChI is InChI=1S/C24H32O4Si/c1-24(2,3)29(21-11-7-5-8-12-21,22-13-9-6-10-14-22)28-20-16-18(23(26)27-4)15-19(25)17-20/h5-14,18-20,25H,15-17H2,1-4H3/t18-,19+,20-/m1/s1. The van der Waals surface area contributed by atoms with Crippen molar-refractivity contribution in [1.29, 1.82) is 0 Å². The Bertz CT molecular complexity index is 761. The monoisotopic (exact) mass is 412 g/mol. The minimum Gasteiger partial charge on any atom is -0.469 e. The Morgan fingerprint density at radius 1 is 0.931 bits per heavy atom. The molecule has 0 unspecified atom stereocenters. The van der Waals surface area contributed by atoms with Gasteiger partial charge in [-0.1, -0.05) is 81.4 Å². The molecule has 0 spiro atoms. The number of carbonyl (C=O) groups is 1.